The monoisotopic (exact) mass is 179 g/mol. The van der Waals surface area contributed by atoms with Gasteiger partial charge in [-0.1, -0.05) is 27.7 Å². The molecule has 0 aliphatic carbocycles. The summed E-state index contributed by atoms with van der Waals surface area (Å²) in [6, 6.07) is 0. The van der Waals surface area contributed by atoms with Crippen LogP contribution < -0.4 is 0 Å². The Hall–Kier alpha value is -0.0900. The first-order valence-corrected chi connectivity index (χ1v) is 5.14. The fraction of sp³-hybridized carbons (Fsp3) is 1.00. The van der Waals surface area contributed by atoms with Gasteiger partial charge >= 0.3 is 0 Å². The molecule has 0 aliphatic heterocycles. The van der Waals surface area contributed by atoms with Gasteiger partial charge in [0.25, 0.3) is 0 Å². The highest BCUT2D eigenvalue weighted by Gasteiger charge is 2.21. The summed E-state index contributed by atoms with van der Waals surface area (Å²) in [6.07, 6.45) is 0. The highest BCUT2D eigenvalue weighted by molar-refractivity contribution is 7.85. The molecule has 0 heterocycles. The smallest absolute Gasteiger partial charge is 0.0948 e. The van der Waals surface area contributed by atoms with Gasteiger partial charge in [-0.3, -0.25) is 0 Å². The third-order valence-corrected chi connectivity index (χ3v) is 2.84. The molecule has 0 fully saturated rings. The van der Waals surface area contributed by atoms with Gasteiger partial charge in [-0.25, -0.2) is 8.42 Å². The highest BCUT2D eigenvalue weighted by atomic mass is 32.2. The zero-order valence-corrected chi connectivity index (χ0v) is 8.23. The molecule has 0 radical (unpaired) electrons. The molecule has 0 bridgehead atoms. The van der Waals surface area contributed by atoms with Gasteiger partial charge in [-0.2, -0.15) is 0 Å². The maximum Gasteiger partial charge on any atom is 0.0948 e. The van der Waals surface area contributed by atoms with Gasteiger partial charge in [0, 0.05) is 5.75 Å². The molecular formula is C7H15O3S-. The molecule has 1 unspecified atom stereocenters. The Morgan fingerprint density at radius 1 is 1.36 bits per heavy atom. The highest BCUT2D eigenvalue weighted by Crippen LogP contribution is 2.25. The van der Waals surface area contributed by atoms with Crippen LogP contribution in [-0.2, 0) is 10.1 Å². The molecule has 0 rings (SSSR count). The fourth-order valence-electron chi connectivity index (χ4n) is 0.556. The first-order valence-electron chi connectivity index (χ1n) is 3.56. The first kappa shape index (κ1) is 10.9. The van der Waals surface area contributed by atoms with E-state index < -0.39 is 10.1 Å². The molecule has 0 aliphatic rings. The standard InChI is InChI=1S/C7H16O3S/c1-6(7(2,3)4)5-11(8,9)10/h6H,5H2,1-4H3,(H,8,9,10)/p-1. The van der Waals surface area contributed by atoms with Crippen LogP contribution in [0.5, 0.6) is 0 Å². The van der Waals surface area contributed by atoms with Gasteiger partial charge in [0.2, 0.25) is 0 Å². The minimum absolute atomic E-state index is 0.0926. The van der Waals surface area contributed by atoms with Crippen molar-refractivity contribution in [3.63, 3.8) is 0 Å². The van der Waals surface area contributed by atoms with Crippen LogP contribution in [0, 0.1) is 11.3 Å². The second kappa shape index (κ2) is 3.11. The van der Waals surface area contributed by atoms with Crippen molar-refractivity contribution in [3.05, 3.63) is 0 Å². The van der Waals surface area contributed by atoms with E-state index >= 15 is 0 Å². The van der Waals surface area contributed by atoms with Crippen molar-refractivity contribution in [1.82, 2.24) is 0 Å². The van der Waals surface area contributed by atoms with E-state index in [1.807, 2.05) is 20.8 Å². The Kier molecular flexibility index (Phi) is 3.08. The molecule has 0 N–H and O–H groups in total. The predicted molar refractivity (Wildman–Crippen MR) is 43.2 cm³/mol. The third kappa shape index (κ3) is 5.21. The summed E-state index contributed by atoms with van der Waals surface area (Å²) in [5.74, 6) is -0.360. The van der Waals surface area contributed by atoms with Gasteiger partial charge < -0.3 is 4.55 Å². The molecule has 0 saturated heterocycles. The maximum absolute atomic E-state index is 10.3. The molecule has 1 atom stereocenters. The molecule has 0 spiro atoms. The summed E-state index contributed by atoms with van der Waals surface area (Å²) in [4.78, 5) is 0. The Morgan fingerprint density at radius 2 is 1.73 bits per heavy atom. The van der Waals surface area contributed by atoms with E-state index in [2.05, 4.69) is 0 Å². The summed E-state index contributed by atoms with van der Waals surface area (Å²) in [6.45, 7) is 7.53. The Labute approximate surface area is 68.6 Å². The van der Waals surface area contributed by atoms with E-state index in [9.17, 15) is 13.0 Å². The molecule has 11 heavy (non-hydrogen) atoms. The lowest BCUT2D eigenvalue weighted by molar-refractivity contribution is 0.279. The van der Waals surface area contributed by atoms with E-state index in [1.165, 1.54) is 0 Å². The lowest BCUT2D eigenvalue weighted by atomic mass is 9.83. The number of rotatable bonds is 2. The SMILES string of the molecule is CC(CS(=O)(=O)[O-])C(C)(C)C. The molecule has 0 aromatic carbocycles. The normalized spacial score (nSPS) is 16.5. The first-order chi connectivity index (χ1) is 4.63. The second-order valence-corrected chi connectivity index (χ2v) is 5.44. The van der Waals surface area contributed by atoms with Gasteiger partial charge in [-0.15, -0.1) is 0 Å². The molecule has 0 amide bonds. The van der Waals surface area contributed by atoms with E-state index in [1.54, 1.807) is 6.92 Å². The Bertz CT molecular complexity index is 210. The number of hydrogen-bond donors (Lipinski definition) is 0. The van der Waals surface area contributed by atoms with Gasteiger partial charge in [-0.05, 0) is 11.3 Å². The van der Waals surface area contributed by atoms with E-state index in [4.69, 9.17) is 0 Å². The van der Waals surface area contributed by atoms with Crippen LogP contribution in [-0.4, -0.2) is 18.7 Å². The zero-order chi connectivity index (χ0) is 9.28. The van der Waals surface area contributed by atoms with Gasteiger partial charge in [0.1, 0.15) is 0 Å². The fourth-order valence-corrected chi connectivity index (χ4v) is 1.67. The van der Waals surface area contributed by atoms with E-state index in [-0.39, 0.29) is 17.1 Å². The molecule has 0 aromatic rings. The summed E-state index contributed by atoms with van der Waals surface area (Å²) >= 11 is 0. The van der Waals surface area contributed by atoms with Gasteiger partial charge in [0.05, 0.1) is 10.1 Å². The van der Waals surface area contributed by atoms with Crippen molar-refractivity contribution < 1.29 is 13.0 Å². The van der Waals surface area contributed by atoms with Crippen LogP contribution in [0.25, 0.3) is 0 Å². The van der Waals surface area contributed by atoms with Crippen LogP contribution in [0.15, 0.2) is 0 Å². The van der Waals surface area contributed by atoms with Crippen molar-refractivity contribution >= 4 is 10.1 Å². The molecule has 68 valence electrons. The molecule has 4 heteroatoms. The average Bonchev–Trinajstić information content (AvgIpc) is 1.56. The Morgan fingerprint density at radius 3 is 1.82 bits per heavy atom. The van der Waals surface area contributed by atoms with Crippen molar-refractivity contribution in [1.29, 1.82) is 0 Å². The summed E-state index contributed by atoms with van der Waals surface area (Å²) in [5, 5.41) is 0. The van der Waals surface area contributed by atoms with Crippen molar-refractivity contribution in [2.75, 3.05) is 5.75 Å². The molecule has 3 nitrogen and oxygen atoms in total. The zero-order valence-electron chi connectivity index (χ0n) is 7.42. The second-order valence-electron chi connectivity index (χ2n) is 3.99. The molecular weight excluding hydrogens is 164 g/mol. The van der Waals surface area contributed by atoms with E-state index in [0.717, 1.165) is 0 Å². The van der Waals surface area contributed by atoms with Crippen LogP contribution in [0.4, 0.5) is 0 Å². The summed E-state index contributed by atoms with van der Waals surface area (Å²) < 4.78 is 31.0. The minimum Gasteiger partial charge on any atom is -0.748 e. The van der Waals surface area contributed by atoms with Crippen LogP contribution in [0.1, 0.15) is 27.7 Å². The Balaban J connectivity index is 4.21. The van der Waals surface area contributed by atoms with E-state index in [0.29, 0.717) is 0 Å². The quantitative estimate of drug-likeness (QED) is 0.599. The lowest BCUT2D eigenvalue weighted by Crippen LogP contribution is -2.25. The maximum atomic E-state index is 10.3. The average molecular weight is 179 g/mol. The minimum atomic E-state index is -4.06. The third-order valence-electron chi connectivity index (χ3n) is 1.93. The molecule has 0 aromatic heterocycles. The molecule has 0 saturated carbocycles. The van der Waals surface area contributed by atoms with Crippen molar-refractivity contribution in [3.8, 4) is 0 Å². The summed E-state index contributed by atoms with van der Waals surface area (Å²) in [7, 11) is -4.06. The van der Waals surface area contributed by atoms with Crippen LogP contribution in [0.3, 0.4) is 0 Å². The predicted octanol–water partition coefficient (Wildman–Crippen LogP) is 1.21. The van der Waals surface area contributed by atoms with Crippen LogP contribution in [0.2, 0.25) is 0 Å². The van der Waals surface area contributed by atoms with Crippen molar-refractivity contribution in [2.24, 2.45) is 11.3 Å². The largest absolute Gasteiger partial charge is 0.748 e. The number of hydrogen-bond acceptors (Lipinski definition) is 3. The van der Waals surface area contributed by atoms with Crippen molar-refractivity contribution in [2.45, 2.75) is 27.7 Å². The summed E-state index contributed by atoms with van der Waals surface area (Å²) in [5.41, 5.74) is -0.114. The van der Waals surface area contributed by atoms with Crippen LogP contribution >= 0.6 is 0 Å². The lowest BCUT2D eigenvalue weighted by Gasteiger charge is -2.27. The van der Waals surface area contributed by atoms with Gasteiger partial charge in [0.15, 0.2) is 0 Å². The topological polar surface area (TPSA) is 57.2 Å².